The summed E-state index contributed by atoms with van der Waals surface area (Å²) in [6, 6.07) is 6.30. The molecule has 138 valence electrons. The van der Waals surface area contributed by atoms with Gasteiger partial charge in [-0.1, -0.05) is 12.1 Å². The van der Waals surface area contributed by atoms with E-state index < -0.39 is 0 Å². The largest absolute Gasteiger partial charge is 0.356 e. The first-order valence-electron chi connectivity index (χ1n) is 8.68. The molecule has 1 aromatic rings. The average Bonchev–Trinajstić information content (AvgIpc) is 3.43. The van der Waals surface area contributed by atoms with E-state index in [1.54, 1.807) is 6.07 Å². The minimum Gasteiger partial charge on any atom is -0.356 e. The fourth-order valence-electron chi connectivity index (χ4n) is 3.10. The average molecular weight is 370 g/mol. The quantitative estimate of drug-likeness (QED) is 0.754. The molecule has 1 saturated heterocycles. The third-order valence-electron chi connectivity index (χ3n) is 4.61. The van der Waals surface area contributed by atoms with Gasteiger partial charge in [-0.3, -0.25) is 9.59 Å². The number of nitrogens with one attached hydrogen (secondary N) is 2. The second kappa shape index (κ2) is 9.15. The number of carbonyl (C=O) groups is 2. The van der Waals surface area contributed by atoms with Crippen molar-refractivity contribution in [1.29, 1.82) is 0 Å². The van der Waals surface area contributed by atoms with Crippen LogP contribution in [0, 0.1) is 11.7 Å². The molecule has 7 heteroatoms. The van der Waals surface area contributed by atoms with Gasteiger partial charge in [-0.2, -0.15) is 0 Å². The van der Waals surface area contributed by atoms with Crippen LogP contribution in [-0.4, -0.2) is 42.9 Å². The molecule has 2 amide bonds. The Labute approximate surface area is 153 Å². The number of piperazine rings is 1. The van der Waals surface area contributed by atoms with Gasteiger partial charge >= 0.3 is 0 Å². The van der Waals surface area contributed by atoms with Gasteiger partial charge in [0.1, 0.15) is 5.82 Å². The molecule has 2 N–H and O–H groups in total. The van der Waals surface area contributed by atoms with Gasteiger partial charge in [-0.15, -0.1) is 12.4 Å². The van der Waals surface area contributed by atoms with Gasteiger partial charge in [-0.25, -0.2) is 4.39 Å². The molecule has 2 aliphatic rings. The van der Waals surface area contributed by atoms with Crippen LogP contribution in [0.1, 0.15) is 37.3 Å². The number of nitrogens with zero attached hydrogens (tertiary/aromatic N) is 1. The second-order valence-electron chi connectivity index (χ2n) is 6.53. The Morgan fingerprint density at radius 1 is 1.32 bits per heavy atom. The molecular weight excluding hydrogens is 345 g/mol. The number of halogens is 2. The molecule has 1 aromatic carbocycles. The molecular formula is C18H25ClFN3O2. The highest BCUT2D eigenvalue weighted by atomic mass is 35.5. The van der Waals surface area contributed by atoms with Gasteiger partial charge in [0.05, 0.1) is 6.04 Å². The molecule has 1 saturated carbocycles. The SMILES string of the molecule is Cl.O=C(NCCCC(=O)N1CCNCC1c1cccc(F)c1)C1CC1. The van der Waals surface area contributed by atoms with Crippen LogP contribution in [0.5, 0.6) is 0 Å². The Hall–Kier alpha value is -1.66. The van der Waals surface area contributed by atoms with Crippen molar-refractivity contribution in [2.24, 2.45) is 5.92 Å². The lowest BCUT2D eigenvalue weighted by molar-refractivity contribution is -0.134. The smallest absolute Gasteiger partial charge is 0.223 e. The first kappa shape index (κ1) is 19.7. The van der Waals surface area contributed by atoms with Crippen LogP contribution in [0.15, 0.2) is 24.3 Å². The highest BCUT2D eigenvalue weighted by Crippen LogP contribution is 2.28. The van der Waals surface area contributed by atoms with Crippen LogP contribution in [0.4, 0.5) is 4.39 Å². The van der Waals surface area contributed by atoms with E-state index in [0.29, 0.717) is 32.5 Å². The van der Waals surface area contributed by atoms with Crippen molar-refractivity contribution in [3.63, 3.8) is 0 Å². The first-order chi connectivity index (χ1) is 11.6. The summed E-state index contributed by atoms with van der Waals surface area (Å²) in [7, 11) is 0. The van der Waals surface area contributed by atoms with Crippen molar-refractivity contribution in [1.82, 2.24) is 15.5 Å². The highest BCUT2D eigenvalue weighted by molar-refractivity contribution is 5.85. The summed E-state index contributed by atoms with van der Waals surface area (Å²) in [4.78, 5) is 25.9. The van der Waals surface area contributed by atoms with E-state index in [1.807, 2.05) is 11.0 Å². The molecule has 2 fully saturated rings. The Bertz CT molecular complexity index is 610. The summed E-state index contributed by atoms with van der Waals surface area (Å²) in [6.07, 6.45) is 3.01. The molecule has 1 heterocycles. The molecule has 0 bridgehead atoms. The molecule has 0 radical (unpaired) electrons. The van der Waals surface area contributed by atoms with Gasteiger partial charge in [0.15, 0.2) is 0 Å². The Morgan fingerprint density at radius 2 is 2.12 bits per heavy atom. The molecule has 1 aliphatic heterocycles. The van der Waals surface area contributed by atoms with E-state index in [0.717, 1.165) is 24.9 Å². The zero-order valence-electron chi connectivity index (χ0n) is 14.2. The van der Waals surface area contributed by atoms with Gasteiger partial charge in [0.25, 0.3) is 0 Å². The van der Waals surface area contributed by atoms with Crippen LogP contribution in [0.25, 0.3) is 0 Å². The first-order valence-corrected chi connectivity index (χ1v) is 8.68. The number of amides is 2. The lowest BCUT2D eigenvalue weighted by atomic mass is 10.0. The minimum atomic E-state index is -0.284. The topological polar surface area (TPSA) is 61.4 Å². The van der Waals surface area contributed by atoms with Gasteiger partial charge < -0.3 is 15.5 Å². The van der Waals surface area contributed by atoms with Crippen LogP contribution in [0.3, 0.4) is 0 Å². The van der Waals surface area contributed by atoms with Crippen LogP contribution in [0.2, 0.25) is 0 Å². The fourth-order valence-corrected chi connectivity index (χ4v) is 3.10. The lowest BCUT2D eigenvalue weighted by Crippen LogP contribution is -2.48. The second-order valence-corrected chi connectivity index (χ2v) is 6.53. The summed E-state index contributed by atoms with van der Waals surface area (Å²) < 4.78 is 13.5. The van der Waals surface area contributed by atoms with E-state index in [4.69, 9.17) is 0 Å². The van der Waals surface area contributed by atoms with Crippen LogP contribution in [-0.2, 0) is 9.59 Å². The molecule has 25 heavy (non-hydrogen) atoms. The Morgan fingerprint density at radius 3 is 2.84 bits per heavy atom. The fraction of sp³-hybridized carbons (Fsp3) is 0.556. The maximum atomic E-state index is 13.5. The summed E-state index contributed by atoms with van der Waals surface area (Å²) in [5.74, 6) is 0.0909. The maximum absolute atomic E-state index is 13.5. The van der Waals surface area contributed by atoms with E-state index >= 15 is 0 Å². The molecule has 0 spiro atoms. The van der Waals surface area contributed by atoms with Crippen molar-refractivity contribution in [3.05, 3.63) is 35.6 Å². The van der Waals surface area contributed by atoms with Crippen molar-refractivity contribution in [2.75, 3.05) is 26.2 Å². The summed E-state index contributed by atoms with van der Waals surface area (Å²) >= 11 is 0. The van der Waals surface area contributed by atoms with Gasteiger partial charge in [-0.05, 0) is 37.0 Å². The van der Waals surface area contributed by atoms with E-state index in [2.05, 4.69) is 10.6 Å². The molecule has 1 unspecified atom stereocenters. The predicted octanol–water partition coefficient (Wildman–Crippen LogP) is 2.03. The van der Waals surface area contributed by atoms with Gasteiger partial charge in [0, 0.05) is 38.5 Å². The molecule has 3 rings (SSSR count). The molecule has 0 aromatic heterocycles. The number of hydrogen-bond acceptors (Lipinski definition) is 3. The Balaban J connectivity index is 0.00000225. The number of rotatable bonds is 6. The van der Waals surface area contributed by atoms with Crippen molar-refractivity contribution < 1.29 is 14.0 Å². The molecule has 5 nitrogen and oxygen atoms in total. The zero-order chi connectivity index (χ0) is 16.9. The lowest BCUT2D eigenvalue weighted by Gasteiger charge is -2.36. The van der Waals surface area contributed by atoms with E-state index in [9.17, 15) is 14.0 Å². The van der Waals surface area contributed by atoms with Crippen molar-refractivity contribution in [2.45, 2.75) is 31.7 Å². The monoisotopic (exact) mass is 369 g/mol. The van der Waals surface area contributed by atoms with Gasteiger partial charge in [0.2, 0.25) is 11.8 Å². The Kier molecular flexibility index (Phi) is 7.20. The number of carbonyl (C=O) groups excluding carboxylic acids is 2. The third-order valence-corrected chi connectivity index (χ3v) is 4.61. The minimum absolute atomic E-state index is 0. The third kappa shape index (κ3) is 5.41. The maximum Gasteiger partial charge on any atom is 0.223 e. The standard InChI is InChI=1S/C18H24FN3O2.ClH/c19-15-4-1-3-14(11-15)16-12-20-9-10-22(16)17(23)5-2-8-21-18(24)13-6-7-13;/h1,3-4,11,13,16,20H,2,5-10,12H2,(H,21,24);1H. The number of hydrogen-bond donors (Lipinski definition) is 2. The molecule has 1 aliphatic carbocycles. The number of benzene rings is 1. The van der Waals surface area contributed by atoms with Crippen molar-refractivity contribution in [3.8, 4) is 0 Å². The summed E-state index contributed by atoms with van der Waals surface area (Å²) in [6.45, 7) is 2.54. The van der Waals surface area contributed by atoms with Crippen molar-refractivity contribution >= 4 is 24.2 Å². The van der Waals surface area contributed by atoms with Crippen LogP contribution < -0.4 is 10.6 Å². The predicted molar refractivity (Wildman–Crippen MR) is 95.9 cm³/mol. The zero-order valence-corrected chi connectivity index (χ0v) is 15.0. The summed E-state index contributed by atoms with van der Waals surface area (Å²) in [5.41, 5.74) is 0.817. The van der Waals surface area contributed by atoms with E-state index in [-0.39, 0.29) is 42.0 Å². The highest BCUT2D eigenvalue weighted by Gasteiger charge is 2.30. The molecule has 1 atom stereocenters. The summed E-state index contributed by atoms with van der Waals surface area (Å²) in [5, 5.41) is 6.15. The van der Waals surface area contributed by atoms with E-state index in [1.165, 1.54) is 12.1 Å². The normalized spacial score (nSPS) is 19.9. The van der Waals surface area contributed by atoms with Crippen LogP contribution >= 0.6 is 12.4 Å².